The van der Waals surface area contributed by atoms with Crippen molar-refractivity contribution in [3.8, 4) is 0 Å². The largest absolute Gasteiger partial charge is 0.459 e. The van der Waals surface area contributed by atoms with Crippen LogP contribution in [-0.4, -0.2) is 11.6 Å². The molecule has 0 N–H and O–H groups in total. The van der Waals surface area contributed by atoms with E-state index in [1.807, 2.05) is 0 Å². The van der Waals surface area contributed by atoms with E-state index in [0.717, 1.165) is 12.8 Å². The van der Waals surface area contributed by atoms with Gasteiger partial charge in [-0.3, -0.25) is 4.79 Å². The van der Waals surface area contributed by atoms with Crippen LogP contribution in [0.2, 0.25) is 0 Å². The first kappa shape index (κ1) is 9.56. The van der Waals surface area contributed by atoms with Crippen molar-refractivity contribution >= 4 is 5.97 Å². The summed E-state index contributed by atoms with van der Waals surface area (Å²) in [5, 5.41) is 0. The van der Waals surface area contributed by atoms with E-state index in [1.54, 1.807) is 0 Å². The van der Waals surface area contributed by atoms with E-state index in [2.05, 4.69) is 13.8 Å². The molecule has 0 aromatic rings. The summed E-state index contributed by atoms with van der Waals surface area (Å²) in [5.41, 5.74) is -0.133. The van der Waals surface area contributed by atoms with Crippen molar-refractivity contribution in [2.24, 2.45) is 5.92 Å². The second-order valence-electron chi connectivity index (χ2n) is 4.02. The van der Waals surface area contributed by atoms with E-state index in [-0.39, 0.29) is 11.6 Å². The van der Waals surface area contributed by atoms with Gasteiger partial charge in [0.1, 0.15) is 5.60 Å². The summed E-state index contributed by atoms with van der Waals surface area (Å²) in [7, 11) is 0. The Bertz CT molecular complexity index is 167. The average Bonchev–Trinajstić information content (AvgIpc) is 2.35. The zero-order chi connectivity index (χ0) is 9.19. The van der Waals surface area contributed by atoms with Gasteiger partial charge in [-0.2, -0.15) is 0 Å². The molecule has 0 heterocycles. The smallest absolute Gasteiger partial charge is 0.303 e. The van der Waals surface area contributed by atoms with Crippen molar-refractivity contribution in [3.05, 3.63) is 0 Å². The molecule has 2 heteroatoms. The molecule has 0 atom stereocenters. The fraction of sp³-hybridized carbons (Fsp3) is 0.900. The van der Waals surface area contributed by atoms with E-state index >= 15 is 0 Å². The normalized spacial score (nSPS) is 21.3. The first-order chi connectivity index (χ1) is 5.57. The van der Waals surface area contributed by atoms with E-state index in [1.165, 1.54) is 19.8 Å². The second kappa shape index (κ2) is 3.46. The molecule has 0 amide bonds. The minimum absolute atomic E-state index is 0.133. The Labute approximate surface area is 74.3 Å². The highest BCUT2D eigenvalue weighted by atomic mass is 16.6. The lowest BCUT2D eigenvalue weighted by Crippen LogP contribution is -2.36. The monoisotopic (exact) mass is 170 g/mol. The molecule has 0 spiro atoms. The van der Waals surface area contributed by atoms with Gasteiger partial charge in [-0.25, -0.2) is 0 Å². The summed E-state index contributed by atoms with van der Waals surface area (Å²) >= 11 is 0. The molecule has 0 unspecified atom stereocenters. The zero-order valence-electron chi connectivity index (χ0n) is 8.22. The predicted octanol–water partition coefficient (Wildman–Crippen LogP) is 2.52. The molecular weight excluding hydrogens is 152 g/mol. The number of esters is 1. The molecule has 0 radical (unpaired) electrons. The molecule has 0 aromatic heterocycles. The highest BCUT2D eigenvalue weighted by molar-refractivity contribution is 5.66. The van der Waals surface area contributed by atoms with Crippen molar-refractivity contribution in [2.75, 3.05) is 0 Å². The van der Waals surface area contributed by atoms with Crippen molar-refractivity contribution < 1.29 is 9.53 Å². The van der Waals surface area contributed by atoms with Crippen molar-refractivity contribution in [3.63, 3.8) is 0 Å². The SMILES string of the molecule is CC(=O)OC1(C(C)C)CCCC1. The van der Waals surface area contributed by atoms with Gasteiger partial charge in [0.15, 0.2) is 0 Å². The molecule has 0 bridgehead atoms. The number of rotatable bonds is 2. The average molecular weight is 170 g/mol. The molecular formula is C10H18O2. The van der Waals surface area contributed by atoms with Crippen LogP contribution in [0, 0.1) is 5.92 Å². The summed E-state index contributed by atoms with van der Waals surface area (Å²) in [4.78, 5) is 10.9. The Morgan fingerprint density at radius 3 is 2.17 bits per heavy atom. The maximum Gasteiger partial charge on any atom is 0.303 e. The lowest BCUT2D eigenvalue weighted by atomic mass is 9.88. The predicted molar refractivity (Wildman–Crippen MR) is 47.8 cm³/mol. The summed E-state index contributed by atoms with van der Waals surface area (Å²) in [6.07, 6.45) is 4.49. The summed E-state index contributed by atoms with van der Waals surface area (Å²) in [6, 6.07) is 0. The third-order valence-corrected chi connectivity index (χ3v) is 2.85. The molecule has 0 saturated heterocycles. The molecule has 0 aliphatic heterocycles. The molecule has 12 heavy (non-hydrogen) atoms. The summed E-state index contributed by atoms with van der Waals surface area (Å²) in [5.74, 6) is 0.314. The third kappa shape index (κ3) is 1.79. The Morgan fingerprint density at radius 2 is 1.83 bits per heavy atom. The molecule has 1 fully saturated rings. The van der Waals surface area contributed by atoms with Gasteiger partial charge in [0.25, 0.3) is 0 Å². The maximum atomic E-state index is 10.9. The summed E-state index contributed by atoms with van der Waals surface area (Å²) in [6.45, 7) is 5.77. The number of carbonyl (C=O) groups excluding carboxylic acids is 1. The summed E-state index contributed by atoms with van der Waals surface area (Å²) < 4.78 is 5.42. The van der Waals surface area contributed by atoms with Crippen LogP contribution in [0.3, 0.4) is 0 Å². The van der Waals surface area contributed by atoms with Gasteiger partial charge in [0.2, 0.25) is 0 Å². The van der Waals surface area contributed by atoms with E-state index in [4.69, 9.17) is 4.74 Å². The molecule has 0 aromatic carbocycles. The molecule has 70 valence electrons. The van der Waals surface area contributed by atoms with Gasteiger partial charge in [0.05, 0.1) is 0 Å². The van der Waals surface area contributed by atoms with E-state index < -0.39 is 0 Å². The van der Waals surface area contributed by atoms with Gasteiger partial charge >= 0.3 is 5.97 Å². The molecule has 1 aliphatic rings. The van der Waals surface area contributed by atoms with E-state index in [9.17, 15) is 4.79 Å². The molecule has 2 nitrogen and oxygen atoms in total. The highest BCUT2D eigenvalue weighted by Gasteiger charge is 2.39. The first-order valence-electron chi connectivity index (χ1n) is 4.76. The van der Waals surface area contributed by atoms with Crippen LogP contribution in [0.15, 0.2) is 0 Å². The van der Waals surface area contributed by atoms with Crippen LogP contribution in [0.5, 0.6) is 0 Å². The van der Waals surface area contributed by atoms with E-state index in [0.29, 0.717) is 5.92 Å². The fourth-order valence-corrected chi connectivity index (χ4v) is 2.06. The van der Waals surface area contributed by atoms with Crippen LogP contribution < -0.4 is 0 Å². The van der Waals surface area contributed by atoms with Crippen LogP contribution in [0.1, 0.15) is 46.5 Å². The standard InChI is InChI=1S/C10H18O2/c1-8(2)10(12-9(3)11)6-4-5-7-10/h8H,4-7H2,1-3H3. The Kier molecular flexibility index (Phi) is 2.76. The number of hydrogen-bond acceptors (Lipinski definition) is 2. The fourth-order valence-electron chi connectivity index (χ4n) is 2.06. The highest BCUT2D eigenvalue weighted by Crippen LogP contribution is 2.39. The van der Waals surface area contributed by atoms with Gasteiger partial charge < -0.3 is 4.74 Å². The lowest BCUT2D eigenvalue weighted by molar-refractivity contribution is -0.161. The lowest BCUT2D eigenvalue weighted by Gasteiger charge is -2.32. The minimum atomic E-state index is -0.134. The van der Waals surface area contributed by atoms with Crippen LogP contribution in [0.25, 0.3) is 0 Å². The Morgan fingerprint density at radius 1 is 1.33 bits per heavy atom. The van der Waals surface area contributed by atoms with Gasteiger partial charge in [0, 0.05) is 6.92 Å². The molecule has 1 saturated carbocycles. The third-order valence-electron chi connectivity index (χ3n) is 2.85. The minimum Gasteiger partial charge on any atom is -0.459 e. The zero-order valence-corrected chi connectivity index (χ0v) is 8.22. The second-order valence-corrected chi connectivity index (χ2v) is 4.02. The topological polar surface area (TPSA) is 26.3 Å². The number of ether oxygens (including phenoxy) is 1. The Balaban J connectivity index is 2.65. The van der Waals surface area contributed by atoms with Crippen LogP contribution >= 0.6 is 0 Å². The van der Waals surface area contributed by atoms with Crippen molar-refractivity contribution in [1.82, 2.24) is 0 Å². The van der Waals surface area contributed by atoms with Gasteiger partial charge in [-0.15, -0.1) is 0 Å². The number of hydrogen-bond donors (Lipinski definition) is 0. The maximum absolute atomic E-state index is 10.9. The van der Waals surface area contributed by atoms with Crippen LogP contribution in [0.4, 0.5) is 0 Å². The number of carbonyl (C=O) groups is 1. The quantitative estimate of drug-likeness (QED) is 0.595. The molecule has 1 rings (SSSR count). The van der Waals surface area contributed by atoms with Gasteiger partial charge in [-0.05, 0) is 31.6 Å². The van der Waals surface area contributed by atoms with Crippen molar-refractivity contribution in [2.45, 2.75) is 52.1 Å². The van der Waals surface area contributed by atoms with Crippen LogP contribution in [-0.2, 0) is 9.53 Å². The molecule has 1 aliphatic carbocycles. The first-order valence-corrected chi connectivity index (χ1v) is 4.76. The van der Waals surface area contributed by atoms with Gasteiger partial charge in [-0.1, -0.05) is 13.8 Å². The van der Waals surface area contributed by atoms with Crippen molar-refractivity contribution in [1.29, 1.82) is 0 Å². The Hall–Kier alpha value is -0.530.